The number of rotatable bonds is 5. The van der Waals surface area contributed by atoms with Crippen molar-refractivity contribution in [3.8, 4) is 0 Å². The Morgan fingerprint density at radius 2 is 2.06 bits per heavy atom. The maximum absolute atomic E-state index is 12.0. The largest absolute Gasteiger partial charge is 0.467 e. The molecule has 5 nitrogen and oxygen atoms in total. The lowest BCUT2D eigenvalue weighted by Crippen LogP contribution is -2.44. The number of nitrogens with two attached hydrogens (primary N) is 1. The molecule has 1 amide bonds. The van der Waals surface area contributed by atoms with Crippen molar-refractivity contribution in [1.82, 2.24) is 5.32 Å². The van der Waals surface area contributed by atoms with Crippen molar-refractivity contribution >= 4 is 11.9 Å². The molecule has 1 fully saturated rings. The van der Waals surface area contributed by atoms with Gasteiger partial charge in [-0.3, -0.25) is 4.79 Å². The highest BCUT2D eigenvalue weighted by Gasteiger charge is 2.31. The lowest BCUT2D eigenvalue weighted by molar-refractivity contribution is -0.146. The van der Waals surface area contributed by atoms with Crippen LogP contribution in [0.3, 0.4) is 0 Å². The summed E-state index contributed by atoms with van der Waals surface area (Å²) in [6.45, 7) is 4.02. The first-order valence-electron chi connectivity index (χ1n) is 6.57. The first kappa shape index (κ1) is 15.0. The predicted molar refractivity (Wildman–Crippen MR) is 68.7 cm³/mol. The van der Waals surface area contributed by atoms with E-state index in [2.05, 4.69) is 5.32 Å². The summed E-state index contributed by atoms with van der Waals surface area (Å²) < 4.78 is 4.72. The number of methoxy groups -OCH3 is 1. The van der Waals surface area contributed by atoms with Gasteiger partial charge in [-0.2, -0.15) is 0 Å². The van der Waals surface area contributed by atoms with Crippen LogP contribution in [-0.4, -0.2) is 31.1 Å². The molecule has 1 aliphatic carbocycles. The van der Waals surface area contributed by atoms with Gasteiger partial charge in [-0.05, 0) is 31.6 Å². The van der Waals surface area contributed by atoms with Crippen molar-refractivity contribution in [2.45, 2.75) is 51.6 Å². The van der Waals surface area contributed by atoms with Gasteiger partial charge in [0.25, 0.3) is 0 Å². The van der Waals surface area contributed by atoms with E-state index in [-0.39, 0.29) is 23.8 Å². The van der Waals surface area contributed by atoms with E-state index in [4.69, 9.17) is 10.5 Å². The van der Waals surface area contributed by atoms with E-state index in [1.165, 1.54) is 7.11 Å². The normalized spacial score (nSPS) is 24.9. The molecule has 3 N–H and O–H groups in total. The first-order valence-corrected chi connectivity index (χ1v) is 6.57. The van der Waals surface area contributed by atoms with E-state index in [1.807, 2.05) is 13.8 Å². The molecular weight excluding hydrogens is 232 g/mol. The van der Waals surface area contributed by atoms with Crippen LogP contribution in [0.1, 0.15) is 39.5 Å². The molecule has 1 rings (SSSR count). The Balaban J connectivity index is 2.54. The summed E-state index contributed by atoms with van der Waals surface area (Å²) in [5, 5.41) is 2.79. The average Bonchev–Trinajstić information content (AvgIpc) is 2.73. The maximum atomic E-state index is 12.0. The van der Waals surface area contributed by atoms with Crippen LogP contribution in [0.4, 0.5) is 0 Å². The Morgan fingerprint density at radius 1 is 1.39 bits per heavy atom. The second kappa shape index (κ2) is 6.73. The molecule has 1 aliphatic rings. The van der Waals surface area contributed by atoms with Crippen LogP contribution >= 0.6 is 0 Å². The lowest BCUT2D eigenvalue weighted by atomic mass is 10.0. The topological polar surface area (TPSA) is 81.4 Å². The average molecular weight is 256 g/mol. The smallest absolute Gasteiger partial charge is 0.328 e. The van der Waals surface area contributed by atoms with Gasteiger partial charge in [-0.15, -0.1) is 0 Å². The van der Waals surface area contributed by atoms with Crippen molar-refractivity contribution < 1.29 is 14.3 Å². The number of hydrogen-bond donors (Lipinski definition) is 2. The molecule has 0 aromatic rings. The number of carbonyl (C=O) groups is 2. The van der Waals surface area contributed by atoms with Gasteiger partial charge >= 0.3 is 5.97 Å². The molecular formula is C13H24N2O3. The number of nitrogens with one attached hydrogen (secondary N) is 1. The molecule has 18 heavy (non-hydrogen) atoms. The fraction of sp³-hybridized carbons (Fsp3) is 0.846. The Hall–Kier alpha value is -1.10. The second-order valence-corrected chi connectivity index (χ2v) is 5.48. The Kier molecular flexibility index (Phi) is 5.59. The van der Waals surface area contributed by atoms with Crippen molar-refractivity contribution in [3.63, 3.8) is 0 Å². The molecule has 0 aliphatic heterocycles. The molecule has 1 saturated carbocycles. The fourth-order valence-corrected chi connectivity index (χ4v) is 2.37. The number of amides is 1. The van der Waals surface area contributed by atoms with E-state index in [1.54, 1.807) is 0 Å². The fourth-order valence-electron chi connectivity index (χ4n) is 2.37. The molecule has 0 spiro atoms. The third-order valence-electron chi connectivity index (χ3n) is 3.35. The van der Waals surface area contributed by atoms with Crippen LogP contribution in [0, 0.1) is 11.8 Å². The highest BCUT2D eigenvalue weighted by molar-refractivity contribution is 5.85. The minimum atomic E-state index is -0.542. The van der Waals surface area contributed by atoms with Crippen LogP contribution in [-0.2, 0) is 14.3 Å². The van der Waals surface area contributed by atoms with Crippen molar-refractivity contribution in [2.24, 2.45) is 17.6 Å². The van der Waals surface area contributed by atoms with Gasteiger partial charge in [0.2, 0.25) is 5.91 Å². The summed E-state index contributed by atoms with van der Waals surface area (Å²) in [7, 11) is 1.34. The van der Waals surface area contributed by atoms with Gasteiger partial charge in [0, 0.05) is 12.0 Å². The van der Waals surface area contributed by atoms with Gasteiger partial charge in [-0.1, -0.05) is 13.8 Å². The number of hydrogen-bond acceptors (Lipinski definition) is 4. The first-order chi connectivity index (χ1) is 8.43. The summed E-state index contributed by atoms with van der Waals surface area (Å²) >= 11 is 0. The van der Waals surface area contributed by atoms with Crippen LogP contribution in [0.25, 0.3) is 0 Å². The highest BCUT2D eigenvalue weighted by atomic mass is 16.5. The standard InChI is InChI=1S/C13H24N2O3/c1-8(2)6-11(13(17)18-3)15-12(16)9-4-5-10(14)7-9/h8-11H,4-7,14H2,1-3H3,(H,15,16). The van der Waals surface area contributed by atoms with Crippen molar-refractivity contribution in [3.05, 3.63) is 0 Å². The highest BCUT2D eigenvalue weighted by Crippen LogP contribution is 2.24. The van der Waals surface area contributed by atoms with Gasteiger partial charge in [-0.25, -0.2) is 4.79 Å². The van der Waals surface area contributed by atoms with Crippen LogP contribution in [0.2, 0.25) is 0 Å². The monoisotopic (exact) mass is 256 g/mol. The summed E-state index contributed by atoms with van der Waals surface area (Å²) in [6, 6.07) is -0.429. The molecule has 0 radical (unpaired) electrons. The van der Waals surface area contributed by atoms with E-state index in [0.29, 0.717) is 18.8 Å². The zero-order valence-electron chi connectivity index (χ0n) is 11.4. The van der Waals surface area contributed by atoms with E-state index in [9.17, 15) is 9.59 Å². The number of esters is 1. The van der Waals surface area contributed by atoms with Crippen molar-refractivity contribution in [1.29, 1.82) is 0 Å². The molecule has 0 aromatic heterocycles. The minimum Gasteiger partial charge on any atom is -0.467 e. The molecule has 104 valence electrons. The Labute approximate surface area is 108 Å². The number of carbonyl (C=O) groups excluding carboxylic acids is 2. The lowest BCUT2D eigenvalue weighted by Gasteiger charge is -2.20. The summed E-state index contributed by atoms with van der Waals surface area (Å²) in [5.41, 5.74) is 5.79. The van der Waals surface area contributed by atoms with Crippen LogP contribution < -0.4 is 11.1 Å². The SMILES string of the molecule is COC(=O)C(CC(C)C)NC(=O)C1CCC(N)C1. The molecule has 0 heterocycles. The molecule has 0 aromatic carbocycles. The van der Waals surface area contributed by atoms with Crippen LogP contribution in [0.15, 0.2) is 0 Å². The molecule has 3 atom stereocenters. The summed E-state index contributed by atoms with van der Waals surface area (Å²) in [5.74, 6) is -0.183. The van der Waals surface area contributed by atoms with Gasteiger partial charge in [0.05, 0.1) is 7.11 Å². The zero-order chi connectivity index (χ0) is 13.7. The second-order valence-electron chi connectivity index (χ2n) is 5.48. The molecule has 0 bridgehead atoms. The summed E-state index contributed by atoms with van der Waals surface area (Å²) in [4.78, 5) is 23.6. The van der Waals surface area contributed by atoms with E-state index >= 15 is 0 Å². The minimum absolute atomic E-state index is 0.0562. The Bertz CT molecular complexity index is 305. The third-order valence-corrected chi connectivity index (χ3v) is 3.35. The van der Waals surface area contributed by atoms with Gasteiger partial charge in [0.15, 0.2) is 0 Å². The van der Waals surface area contributed by atoms with Gasteiger partial charge < -0.3 is 15.8 Å². The van der Waals surface area contributed by atoms with Crippen LogP contribution in [0.5, 0.6) is 0 Å². The Morgan fingerprint density at radius 3 is 2.50 bits per heavy atom. The predicted octanol–water partition coefficient (Wildman–Crippen LogP) is 0.818. The van der Waals surface area contributed by atoms with Crippen molar-refractivity contribution in [2.75, 3.05) is 7.11 Å². The molecule has 5 heteroatoms. The summed E-state index contributed by atoms with van der Waals surface area (Å²) in [6.07, 6.45) is 2.99. The quantitative estimate of drug-likeness (QED) is 0.713. The zero-order valence-corrected chi connectivity index (χ0v) is 11.4. The number of ether oxygens (including phenoxy) is 1. The molecule has 3 unspecified atom stereocenters. The molecule has 0 saturated heterocycles. The van der Waals surface area contributed by atoms with Gasteiger partial charge in [0.1, 0.15) is 6.04 Å². The van der Waals surface area contributed by atoms with E-state index in [0.717, 1.165) is 12.8 Å². The third kappa shape index (κ3) is 4.29. The maximum Gasteiger partial charge on any atom is 0.328 e. The van der Waals surface area contributed by atoms with E-state index < -0.39 is 6.04 Å².